The molecule has 0 amide bonds. The first-order valence-corrected chi connectivity index (χ1v) is 13.4. The maximum atomic E-state index is 10.1. The molecule has 1 aromatic heterocycles. The van der Waals surface area contributed by atoms with Gasteiger partial charge in [-0.15, -0.1) is 0 Å². The van der Waals surface area contributed by atoms with Gasteiger partial charge in [0.2, 0.25) is 0 Å². The molecule has 0 bridgehead atoms. The van der Waals surface area contributed by atoms with E-state index in [4.69, 9.17) is 9.72 Å². The van der Waals surface area contributed by atoms with Crippen molar-refractivity contribution in [3.8, 4) is 34.1 Å². The molecule has 5 heteroatoms. The maximum Gasteiger partial charge on any atom is 0.140 e. The molecule has 4 aromatic rings. The third-order valence-corrected chi connectivity index (χ3v) is 6.72. The molecule has 0 unspecified atom stereocenters. The largest absolute Gasteiger partial charge is 0.508 e. The quantitative estimate of drug-likeness (QED) is 0.207. The molecular weight excluding hydrogens is 458 g/mol. The summed E-state index contributed by atoms with van der Waals surface area (Å²) < 4.78 is 8.20. The summed E-state index contributed by atoms with van der Waals surface area (Å²) in [6.45, 7) is 7.86. The number of phenolic OH excluding ortho intramolecular Hbond substituents is 1. The van der Waals surface area contributed by atoms with E-state index in [9.17, 15) is 5.11 Å². The van der Waals surface area contributed by atoms with Crippen LogP contribution < -0.4 is 4.74 Å². The van der Waals surface area contributed by atoms with Crippen LogP contribution in [0.3, 0.4) is 0 Å². The number of para-hydroxylation sites is 1. The molecule has 3 aromatic carbocycles. The third-order valence-electron chi connectivity index (χ3n) is 6.72. The van der Waals surface area contributed by atoms with Crippen molar-refractivity contribution in [2.24, 2.45) is 0 Å². The number of phenols is 1. The molecule has 0 aliphatic carbocycles. The minimum absolute atomic E-state index is 0.307. The van der Waals surface area contributed by atoms with Gasteiger partial charge in [0, 0.05) is 30.8 Å². The number of unbranched alkanes of at least 4 members (excludes halogenated alkanes) is 2. The summed E-state index contributed by atoms with van der Waals surface area (Å²) in [6.07, 6.45) is 4.42. The summed E-state index contributed by atoms with van der Waals surface area (Å²) in [4.78, 5) is 7.76. The molecule has 1 heterocycles. The van der Waals surface area contributed by atoms with Gasteiger partial charge in [0.1, 0.15) is 17.3 Å². The van der Waals surface area contributed by atoms with E-state index in [-0.39, 0.29) is 0 Å². The molecular formula is C32H39N3O2. The average molecular weight is 498 g/mol. The minimum Gasteiger partial charge on any atom is -0.508 e. The topological polar surface area (TPSA) is 50.5 Å². The number of methoxy groups -OCH3 is 1. The molecule has 0 aliphatic rings. The molecule has 5 nitrogen and oxygen atoms in total. The predicted molar refractivity (Wildman–Crippen MR) is 152 cm³/mol. The van der Waals surface area contributed by atoms with Crippen molar-refractivity contribution >= 4 is 0 Å². The number of imidazole rings is 1. The number of ether oxygens (including phenoxy) is 1. The van der Waals surface area contributed by atoms with Crippen LogP contribution in [0.2, 0.25) is 0 Å². The number of benzene rings is 3. The van der Waals surface area contributed by atoms with Gasteiger partial charge in [-0.1, -0.05) is 81.3 Å². The Bertz CT molecular complexity index is 1270. The van der Waals surface area contributed by atoms with Gasteiger partial charge < -0.3 is 14.4 Å². The van der Waals surface area contributed by atoms with E-state index in [1.54, 1.807) is 13.2 Å². The Morgan fingerprint density at radius 3 is 2.35 bits per heavy atom. The fourth-order valence-corrected chi connectivity index (χ4v) is 4.79. The smallest absolute Gasteiger partial charge is 0.140 e. The van der Waals surface area contributed by atoms with Crippen molar-refractivity contribution in [2.75, 3.05) is 13.7 Å². The molecule has 0 saturated carbocycles. The second-order valence-corrected chi connectivity index (χ2v) is 9.54. The SMILES string of the molecule is CCCCN(Cc1cccc(O)c1)Cc1c(-c2ccccc2OC)nc(-c2ccccc2)n1CCCC. The molecule has 37 heavy (non-hydrogen) atoms. The van der Waals surface area contributed by atoms with Crippen LogP contribution in [0.1, 0.15) is 50.8 Å². The Morgan fingerprint density at radius 2 is 1.62 bits per heavy atom. The van der Waals surface area contributed by atoms with Gasteiger partial charge in [0.15, 0.2) is 0 Å². The Hall–Kier alpha value is -3.57. The number of hydrogen-bond donors (Lipinski definition) is 1. The van der Waals surface area contributed by atoms with Crippen LogP contribution in [0.5, 0.6) is 11.5 Å². The van der Waals surface area contributed by atoms with E-state index in [0.29, 0.717) is 5.75 Å². The predicted octanol–water partition coefficient (Wildman–Crippen LogP) is 7.53. The molecule has 0 spiro atoms. The Morgan fingerprint density at radius 1 is 0.865 bits per heavy atom. The minimum atomic E-state index is 0.307. The first kappa shape index (κ1) is 26.5. The molecule has 194 valence electrons. The summed E-state index contributed by atoms with van der Waals surface area (Å²) in [5, 5.41) is 10.1. The van der Waals surface area contributed by atoms with Crippen LogP contribution in [0.15, 0.2) is 78.9 Å². The van der Waals surface area contributed by atoms with Gasteiger partial charge in [-0.05, 0) is 49.2 Å². The lowest BCUT2D eigenvalue weighted by atomic mass is 10.1. The lowest BCUT2D eigenvalue weighted by Gasteiger charge is -2.24. The van der Waals surface area contributed by atoms with Gasteiger partial charge >= 0.3 is 0 Å². The summed E-state index contributed by atoms with van der Waals surface area (Å²) in [7, 11) is 1.72. The van der Waals surface area contributed by atoms with E-state index in [1.807, 2.05) is 30.3 Å². The third kappa shape index (κ3) is 6.60. The Labute approximate surface area is 221 Å². The average Bonchev–Trinajstić information content (AvgIpc) is 3.28. The van der Waals surface area contributed by atoms with E-state index in [2.05, 4.69) is 65.8 Å². The van der Waals surface area contributed by atoms with Crippen molar-refractivity contribution < 1.29 is 9.84 Å². The zero-order valence-electron chi connectivity index (χ0n) is 22.4. The standard InChI is InChI=1S/C32H39N3O2/c1-4-6-20-34(23-25-14-13-17-27(36)22-25)24-29-31(28-18-11-12-19-30(28)37-3)33-32(35(29)21-7-5-2)26-15-9-8-10-16-26/h8-19,22,36H,4-7,20-21,23-24H2,1-3H3. The van der Waals surface area contributed by atoms with Gasteiger partial charge in [-0.25, -0.2) is 4.98 Å². The van der Waals surface area contributed by atoms with Crippen molar-refractivity contribution in [3.05, 3.63) is 90.1 Å². The monoisotopic (exact) mass is 497 g/mol. The van der Waals surface area contributed by atoms with Crippen LogP contribution in [0.25, 0.3) is 22.6 Å². The van der Waals surface area contributed by atoms with Crippen LogP contribution >= 0.6 is 0 Å². The van der Waals surface area contributed by atoms with Crippen molar-refractivity contribution in [1.29, 1.82) is 0 Å². The van der Waals surface area contributed by atoms with E-state index in [1.165, 1.54) is 5.69 Å². The molecule has 0 saturated heterocycles. The van der Waals surface area contributed by atoms with Crippen LogP contribution in [0.4, 0.5) is 0 Å². The van der Waals surface area contributed by atoms with E-state index in [0.717, 1.165) is 85.8 Å². The second kappa shape index (κ2) is 13.1. The second-order valence-electron chi connectivity index (χ2n) is 9.54. The normalized spacial score (nSPS) is 11.2. The number of hydrogen-bond acceptors (Lipinski definition) is 4. The number of aromatic nitrogens is 2. The Balaban J connectivity index is 1.85. The number of nitrogens with zero attached hydrogens (tertiary/aromatic N) is 3. The number of aromatic hydroxyl groups is 1. The van der Waals surface area contributed by atoms with Gasteiger partial charge in [-0.2, -0.15) is 0 Å². The van der Waals surface area contributed by atoms with Crippen LogP contribution in [0, 0.1) is 0 Å². The lowest BCUT2D eigenvalue weighted by molar-refractivity contribution is 0.246. The molecule has 0 radical (unpaired) electrons. The highest BCUT2D eigenvalue weighted by Gasteiger charge is 2.23. The van der Waals surface area contributed by atoms with E-state index < -0.39 is 0 Å². The molecule has 0 fully saturated rings. The number of rotatable bonds is 13. The highest BCUT2D eigenvalue weighted by molar-refractivity contribution is 5.73. The summed E-state index contributed by atoms with van der Waals surface area (Å²) in [5.41, 5.74) is 5.42. The fraction of sp³-hybridized carbons (Fsp3) is 0.344. The van der Waals surface area contributed by atoms with Crippen molar-refractivity contribution in [1.82, 2.24) is 14.5 Å². The highest BCUT2D eigenvalue weighted by Crippen LogP contribution is 2.36. The summed E-state index contributed by atoms with van der Waals surface area (Å²) in [5.74, 6) is 2.14. The Kier molecular flexibility index (Phi) is 9.39. The van der Waals surface area contributed by atoms with Crippen molar-refractivity contribution in [3.63, 3.8) is 0 Å². The molecule has 4 rings (SSSR count). The van der Waals surface area contributed by atoms with Gasteiger partial charge in [0.25, 0.3) is 0 Å². The first-order chi connectivity index (χ1) is 18.1. The lowest BCUT2D eigenvalue weighted by Crippen LogP contribution is -2.26. The fourth-order valence-electron chi connectivity index (χ4n) is 4.79. The van der Waals surface area contributed by atoms with Crippen LogP contribution in [-0.4, -0.2) is 33.2 Å². The molecule has 0 aliphatic heterocycles. The zero-order chi connectivity index (χ0) is 26.0. The van der Waals surface area contributed by atoms with Gasteiger partial charge in [0.05, 0.1) is 18.5 Å². The summed E-state index contributed by atoms with van der Waals surface area (Å²) >= 11 is 0. The van der Waals surface area contributed by atoms with Gasteiger partial charge in [-0.3, -0.25) is 4.90 Å². The van der Waals surface area contributed by atoms with Crippen LogP contribution in [-0.2, 0) is 19.6 Å². The van der Waals surface area contributed by atoms with Crippen molar-refractivity contribution in [2.45, 2.75) is 59.2 Å². The molecule has 1 N–H and O–H groups in total. The zero-order valence-corrected chi connectivity index (χ0v) is 22.4. The highest BCUT2D eigenvalue weighted by atomic mass is 16.5. The summed E-state index contributed by atoms with van der Waals surface area (Å²) in [6, 6.07) is 26.2. The van der Waals surface area contributed by atoms with E-state index >= 15 is 0 Å². The first-order valence-electron chi connectivity index (χ1n) is 13.4. The molecule has 0 atom stereocenters. The maximum absolute atomic E-state index is 10.1.